The largest absolute Gasteiger partial charge is 0.385 e. The second-order valence-corrected chi connectivity index (χ2v) is 4.99. The minimum atomic E-state index is -0.433. The van der Waals surface area contributed by atoms with Crippen molar-refractivity contribution < 1.29 is 14.4 Å². The van der Waals surface area contributed by atoms with Crippen molar-refractivity contribution in [3.63, 3.8) is 0 Å². The van der Waals surface area contributed by atoms with E-state index in [4.69, 9.17) is 0 Å². The number of nitrogens with one attached hydrogen (secondary N) is 2. The molecule has 6 nitrogen and oxygen atoms in total. The molecule has 1 aromatic carbocycles. The number of hydrogen-bond donors (Lipinski definition) is 2. The van der Waals surface area contributed by atoms with Crippen molar-refractivity contribution in [2.45, 2.75) is 12.8 Å². The van der Waals surface area contributed by atoms with Gasteiger partial charge < -0.3 is 10.2 Å². The summed E-state index contributed by atoms with van der Waals surface area (Å²) >= 11 is 0. The van der Waals surface area contributed by atoms with E-state index in [0.29, 0.717) is 5.56 Å². The number of fused-ring (bicyclic) bond motifs is 1. The molecule has 1 fully saturated rings. The van der Waals surface area contributed by atoms with Crippen LogP contribution < -0.4 is 10.6 Å². The Morgan fingerprint density at radius 3 is 2.65 bits per heavy atom. The van der Waals surface area contributed by atoms with Crippen LogP contribution in [0, 0.1) is 0 Å². The van der Waals surface area contributed by atoms with Gasteiger partial charge in [-0.25, -0.2) is 0 Å². The number of carbonyl (C=O) groups is 3. The summed E-state index contributed by atoms with van der Waals surface area (Å²) in [6.45, 7) is 0.762. The summed E-state index contributed by atoms with van der Waals surface area (Å²) in [4.78, 5) is 36.6. The molecule has 1 saturated heterocycles. The molecule has 0 bridgehead atoms. The third kappa shape index (κ3) is 2.24. The van der Waals surface area contributed by atoms with Crippen LogP contribution in [0.1, 0.15) is 22.3 Å². The molecule has 20 heavy (non-hydrogen) atoms. The molecule has 0 unspecified atom stereocenters. The molecule has 2 N–H and O–H groups in total. The highest BCUT2D eigenvalue weighted by Crippen LogP contribution is 2.26. The molecule has 3 amide bonds. The van der Waals surface area contributed by atoms with E-state index in [1.54, 1.807) is 6.07 Å². The van der Waals surface area contributed by atoms with Crippen molar-refractivity contribution in [3.8, 4) is 0 Å². The van der Waals surface area contributed by atoms with Gasteiger partial charge in [0.15, 0.2) is 0 Å². The molecule has 2 aliphatic rings. The minimum absolute atomic E-state index is 0.0678. The Bertz CT molecular complexity index is 581. The predicted molar refractivity (Wildman–Crippen MR) is 72.3 cm³/mol. The van der Waals surface area contributed by atoms with Gasteiger partial charge in [0.2, 0.25) is 11.8 Å². The lowest BCUT2D eigenvalue weighted by molar-refractivity contribution is -0.135. The van der Waals surface area contributed by atoms with E-state index in [1.165, 1.54) is 4.90 Å². The van der Waals surface area contributed by atoms with Crippen molar-refractivity contribution >= 4 is 23.4 Å². The fraction of sp³-hybridized carbons (Fsp3) is 0.357. The van der Waals surface area contributed by atoms with Crippen molar-refractivity contribution in [1.29, 1.82) is 0 Å². The molecule has 2 aliphatic heterocycles. The predicted octanol–water partition coefficient (Wildman–Crippen LogP) is 0.143. The average Bonchev–Trinajstić information content (AvgIpc) is 2.45. The fourth-order valence-electron chi connectivity index (χ4n) is 2.66. The van der Waals surface area contributed by atoms with E-state index in [1.807, 2.05) is 12.1 Å². The van der Waals surface area contributed by atoms with Gasteiger partial charge in [-0.05, 0) is 30.5 Å². The van der Waals surface area contributed by atoms with E-state index in [0.717, 1.165) is 30.6 Å². The zero-order chi connectivity index (χ0) is 14.1. The zero-order valence-electron chi connectivity index (χ0n) is 10.9. The lowest BCUT2D eigenvalue weighted by Crippen LogP contribution is -2.53. The van der Waals surface area contributed by atoms with Gasteiger partial charge in [-0.15, -0.1) is 0 Å². The second-order valence-electron chi connectivity index (χ2n) is 4.99. The molecule has 3 rings (SSSR count). The third-order valence-electron chi connectivity index (χ3n) is 3.56. The molecule has 0 radical (unpaired) electrons. The number of amides is 3. The highest BCUT2D eigenvalue weighted by Gasteiger charge is 2.29. The van der Waals surface area contributed by atoms with Crippen LogP contribution in [-0.2, 0) is 16.0 Å². The quantitative estimate of drug-likeness (QED) is 0.714. The Morgan fingerprint density at radius 2 is 1.90 bits per heavy atom. The molecule has 0 spiro atoms. The molecule has 0 aromatic heterocycles. The van der Waals surface area contributed by atoms with Crippen LogP contribution in [-0.4, -0.2) is 42.3 Å². The summed E-state index contributed by atoms with van der Waals surface area (Å²) < 4.78 is 0. The number of carbonyl (C=O) groups excluding carboxylic acids is 3. The van der Waals surface area contributed by atoms with Crippen LogP contribution in [0.3, 0.4) is 0 Å². The van der Waals surface area contributed by atoms with Crippen molar-refractivity contribution in [2.24, 2.45) is 0 Å². The Balaban J connectivity index is 1.91. The van der Waals surface area contributed by atoms with Crippen molar-refractivity contribution in [2.75, 3.05) is 25.0 Å². The van der Waals surface area contributed by atoms with E-state index in [2.05, 4.69) is 10.6 Å². The number of imide groups is 1. The summed E-state index contributed by atoms with van der Waals surface area (Å²) in [5.74, 6) is -1.12. The maximum atomic E-state index is 12.5. The van der Waals surface area contributed by atoms with Crippen LogP contribution in [0.4, 0.5) is 5.69 Å². The molecule has 0 saturated carbocycles. The highest BCUT2D eigenvalue weighted by molar-refractivity contribution is 6.06. The lowest BCUT2D eigenvalue weighted by atomic mass is 9.96. The van der Waals surface area contributed by atoms with Crippen LogP contribution in [0.5, 0.6) is 0 Å². The van der Waals surface area contributed by atoms with Gasteiger partial charge in [0.1, 0.15) is 13.1 Å². The summed E-state index contributed by atoms with van der Waals surface area (Å²) in [5.41, 5.74) is 2.52. The molecule has 104 valence electrons. The highest BCUT2D eigenvalue weighted by atomic mass is 16.2. The number of nitrogens with zero attached hydrogens (tertiary/aromatic N) is 1. The normalized spacial score (nSPS) is 18.1. The van der Waals surface area contributed by atoms with Gasteiger partial charge in [-0.3, -0.25) is 19.7 Å². The number of rotatable bonds is 1. The molecule has 6 heteroatoms. The number of benzene rings is 1. The first-order valence-corrected chi connectivity index (χ1v) is 6.63. The lowest BCUT2D eigenvalue weighted by Gasteiger charge is -2.27. The SMILES string of the molecule is O=C1CN(C(=O)c2cccc3c2CCCN3)CC(=O)N1. The van der Waals surface area contributed by atoms with Gasteiger partial charge in [0.25, 0.3) is 5.91 Å². The molecular weight excluding hydrogens is 258 g/mol. The van der Waals surface area contributed by atoms with Crippen molar-refractivity contribution in [1.82, 2.24) is 10.2 Å². The van der Waals surface area contributed by atoms with Gasteiger partial charge >= 0.3 is 0 Å². The van der Waals surface area contributed by atoms with Gasteiger partial charge in [0, 0.05) is 17.8 Å². The maximum absolute atomic E-state index is 12.5. The van der Waals surface area contributed by atoms with E-state index < -0.39 is 11.8 Å². The number of piperazine rings is 1. The summed E-state index contributed by atoms with van der Waals surface area (Å²) in [7, 11) is 0. The molecule has 1 aromatic rings. The fourth-order valence-corrected chi connectivity index (χ4v) is 2.66. The molecule has 0 aliphatic carbocycles. The van der Waals surface area contributed by atoms with Crippen LogP contribution >= 0.6 is 0 Å². The van der Waals surface area contributed by atoms with Crippen LogP contribution in [0.2, 0.25) is 0 Å². The number of hydrogen-bond acceptors (Lipinski definition) is 4. The Hall–Kier alpha value is -2.37. The Kier molecular flexibility index (Phi) is 3.14. The Morgan fingerprint density at radius 1 is 1.15 bits per heavy atom. The van der Waals surface area contributed by atoms with Crippen LogP contribution in [0.25, 0.3) is 0 Å². The average molecular weight is 273 g/mol. The van der Waals surface area contributed by atoms with Crippen molar-refractivity contribution in [3.05, 3.63) is 29.3 Å². The number of anilines is 1. The molecule has 0 atom stereocenters. The Labute approximate surface area is 116 Å². The van der Waals surface area contributed by atoms with Gasteiger partial charge in [0.05, 0.1) is 0 Å². The maximum Gasteiger partial charge on any atom is 0.255 e. The summed E-state index contributed by atoms with van der Waals surface area (Å²) in [6, 6.07) is 5.51. The third-order valence-corrected chi connectivity index (χ3v) is 3.56. The topological polar surface area (TPSA) is 78.5 Å². The van der Waals surface area contributed by atoms with E-state index in [-0.39, 0.29) is 19.0 Å². The summed E-state index contributed by atoms with van der Waals surface area (Å²) in [6.07, 6.45) is 1.80. The monoisotopic (exact) mass is 273 g/mol. The van der Waals surface area contributed by atoms with Gasteiger partial charge in [-0.2, -0.15) is 0 Å². The minimum Gasteiger partial charge on any atom is -0.385 e. The summed E-state index contributed by atoms with van der Waals surface area (Å²) in [5, 5.41) is 5.46. The standard InChI is InChI=1S/C14H15N3O3/c18-12-7-17(8-13(19)16-12)14(20)10-3-1-5-11-9(10)4-2-6-15-11/h1,3,5,15H,2,4,6-8H2,(H,16,18,19). The van der Waals surface area contributed by atoms with Crippen LogP contribution in [0.15, 0.2) is 18.2 Å². The van der Waals surface area contributed by atoms with Gasteiger partial charge in [-0.1, -0.05) is 6.07 Å². The van der Waals surface area contributed by atoms with E-state index >= 15 is 0 Å². The first-order chi connectivity index (χ1) is 9.65. The van der Waals surface area contributed by atoms with E-state index in [9.17, 15) is 14.4 Å². The smallest absolute Gasteiger partial charge is 0.255 e. The zero-order valence-corrected chi connectivity index (χ0v) is 10.9. The second kappa shape index (κ2) is 4.96. The molecule has 2 heterocycles. The first kappa shape index (κ1) is 12.7. The molecular formula is C14H15N3O3. The first-order valence-electron chi connectivity index (χ1n) is 6.63.